The van der Waals surface area contributed by atoms with E-state index in [1.807, 2.05) is 13.8 Å². The van der Waals surface area contributed by atoms with E-state index in [0.717, 1.165) is 26.1 Å². The Bertz CT molecular complexity index is 178. The molecule has 1 heterocycles. The second kappa shape index (κ2) is 4.58. The Morgan fingerprint density at radius 1 is 1.62 bits per heavy atom. The quantitative estimate of drug-likeness (QED) is 0.630. The molecule has 0 bridgehead atoms. The van der Waals surface area contributed by atoms with Crippen LogP contribution in [0.4, 0.5) is 0 Å². The monoisotopic (exact) mass is 186 g/mol. The first-order valence-corrected chi connectivity index (χ1v) is 4.78. The van der Waals surface area contributed by atoms with Crippen molar-refractivity contribution in [2.24, 2.45) is 0 Å². The van der Waals surface area contributed by atoms with E-state index in [1.54, 1.807) is 0 Å². The summed E-state index contributed by atoms with van der Waals surface area (Å²) >= 11 is 0. The lowest BCUT2D eigenvalue weighted by Gasteiger charge is -2.38. The van der Waals surface area contributed by atoms with Gasteiger partial charge in [-0.25, -0.2) is 0 Å². The van der Waals surface area contributed by atoms with Crippen LogP contribution in [0.5, 0.6) is 0 Å². The van der Waals surface area contributed by atoms with E-state index in [9.17, 15) is 4.79 Å². The van der Waals surface area contributed by atoms with Crippen LogP contribution in [-0.2, 0) is 9.53 Å². The van der Waals surface area contributed by atoms with E-state index in [1.165, 1.54) is 0 Å². The Kier molecular flexibility index (Phi) is 3.69. The van der Waals surface area contributed by atoms with Crippen molar-refractivity contribution in [2.45, 2.75) is 25.9 Å². The molecule has 76 valence electrons. The van der Waals surface area contributed by atoms with E-state index >= 15 is 0 Å². The van der Waals surface area contributed by atoms with Gasteiger partial charge in [0, 0.05) is 19.6 Å². The van der Waals surface area contributed by atoms with Gasteiger partial charge in [-0.3, -0.25) is 4.79 Å². The fourth-order valence-electron chi connectivity index (χ4n) is 1.13. The molecule has 1 aliphatic heterocycles. The predicted molar refractivity (Wildman–Crippen MR) is 50.5 cm³/mol. The van der Waals surface area contributed by atoms with Gasteiger partial charge in [-0.05, 0) is 13.3 Å². The number of hydrogen-bond acceptors (Lipinski definition) is 3. The van der Waals surface area contributed by atoms with Crippen LogP contribution >= 0.6 is 0 Å². The van der Waals surface area contributed by atoms with E-state index in [4.69, 9.17) is 4.74 Å². The third-order valence-corrected chi connectivity index (χ3v) is 2.12. The third-order valence-electron chi connectivity index (χ3n) is 2.12. The van der Waals surface area contributed by atoms with E-state index < -0.39 is 0 Å². The maximum atomic E-state index is 11.1. The normalized spacial score (nSPS) is 19.2. The maximum absolute atomic E-state index is 11.1. The maximum Gasteiger partial charge on any atom is 0.246 e. The van der Waals surface area contributed by atoms with Crippen molar-refractivity contribution in [2.75, 3.05) is 26.2 Å². The van der Waals surface area contributed by atoms with Crippen molar-refractivity contribution >= 4 is 5.91 Å². The molecule has 1 amide bonds. The molecule has 0 spiro atoms. The highest BCUT2D eigenvalue weighted by Gasteiger charge is 2.32. The lowest BCUT2D eigenvalue weighted by atomic mass is 10.0. The molecule has 0 saturated carbocycles. The molecule has 2 N–H and O–H groups in total. The molecule has 1 rings (SSSR count). The van der Waals surface area contributed by atoms with Crippen molar-refractivity contribution in [1.82, 2.24) is 10.6 Å². The van der Waals surface area contributed by atoms with Crippen LogP contribution in [0.25, 0.3) is 0 Å². The Morgan fingerprint density at radius 3 is 2.77 bits per heavy atom. The zero-order valence-electron chi connectivity index (χ0n) is 8.35. The summed E-state index contributed by atoms with van der Waals surface area (Å²) in [4.78, 5) is 11.1. The lowest BCUT2D eigenvalue weighted by Crippen LogP contribution is -2.59. The molecule has 1 aliphatic rings. The fraction of sp³-hybridized carbons (Fsp3) is 0.889. The fourth-order valence-corrected chi connectivity index (χ4v) is 1.13. The van der Waals surface area contributed by atoms with Crippen LogP contribution in [0.2, 0.25) is 0 Å². The highest BCUT2D eigenvalue weighted by Crippen LogP contribution is 2.14. The van der Waals surface area contributed by atoms with Gasteiger partial charge >= 0.3 is 0 Å². The molecule has 0 unspecified atom stereocenters. The van der Waals surface area contributed by atoms with Gasteiger partial charge < -0.3 is 15.4 Å². The van der Waals surface area contributed by atoms with Crippen molar-refractivity contribution < 1.29 is 9.53 Å². The molecular formula is C9H18N2O2. The first-order valence-electron chi connectivity index (χ1n) is 4.78. The van der Waals surface area contributed by atoms with Crippen LogP contribution in [0.3, 0.4) is 0 Å². The number of ether oxygens (including phenoxy) is 1. The van der Waals surface area contributed by atoms with Gasteiger partial charge in [-0.15, -0.1) is 0 Å². The van der Waals surface area contributed by atoms with Gasteiger partial charge in [0.1, 0.15) is 6.61 Å². The Morgan fingerprint density at radius 2 is 2.31 bits per heavy atom. The summed E-state index contributed by atoms with van der Waals surface area (Å²) in [5, 5.41) is 5.88. The Hall–Kier alpha value is -0.610. The summed E-state index contributed by atoms with van der Waals surface area (Å²) in [6.45, 7) is 6.63. The summed E-state index contributed by atoms with van der Waals surface area (Å²) in [7, 11) is 0. The lowest BCUT2D eigenvalue weighted by molar-refractivity contribution is -0.135. The molecule has 4 heteroatoms. The Labute approximate surface area is 79.0 Å². The van der Waals surface area contributed by atoms with Crippen LogP contribution in [0, 0.1) is 0 Å². The van der Waals surface area contributed by atoms with Gasteiger partial charge in [0.2, 0.25) is 5.91 Å². The van der Waals surface area contributed by atoms with Gasteiger partial charge in [0.15, 0.2) is 0 Å². The minimum Gasteiger partial charge on any atom is -0.363 e. The van der Waals surface area contributed by atoms with Crippen LogP contribution in [-0.4, -0.2) is 37.7 Å². The SMILES string of the molecule is CCCNC(=O)COC1(C)CNC1. The van der Waals surface area contributed by atoms with Crippen LogP contribution in [0.15, 0.2) is 0 Å². The molecule has 0 atom stereocenters. The van der Waals surface area contributed by atoms with E-state index in [-0.39, 0.29) is 18.1 Å². The standard InChI is InChI=1S/C9H18N2O2/c1-3-4-11-8(12)5-13-9(2)6-10-7-9/h10H,3-7H2,1-2H3,(H,11,12). The minimum atomic E-state index is -0.121. The summed E-state index contributed by atoms with van der Waals surface area (Å²) in [6, 6.07) is 0. The molecule has 0 aromatic carbocycles. The van der Waals surface area contributed by atoms with E-state index in [0.29, 0.717) is 0 Å². The summed E-state index contributed by atoms with van der Waals surface area (Å²) in [5.74, 6) is -0.0185. The molecule has 0 aliphatic carbocycles. The van der Waals surface area contributed by atoms with Crippen molar-refractivity contribution in [1.29, 1.82) is 0 Å². The smallest absolute Gasteiger partial charge is 0.246 e. The number of carbonyl (C=O) groups is 1. The average Bonchev–Trinajstić information content (AvgIpc) is 2.08. The average molecular weight is 186 g/mol. The summed E-state index contributed by atoms with van der Waals surface area (Å²) in [6.07, 6.45) is 0.963. The highest BCUT2D eigenvalue weighted by atomic mass is 16.5. The zero-order chi connectivity index (χ0) is 9.73. The number of hydrogen-bond donors (Lipinski definition) is 2. The largest absolute Gasteiger partial charge is 0.363 e. The van der Waals surface area contributed by atoms with Gasteiger partial charge in [-0.1, -0.05) is 6.92 Å². The molecule has 0 aromatic heterocycles. The number of rotatable bonds is 5. The topological polar surface area (TPSA) is 50.4 Å². The number of nitrogens with one attached hydrogen (secondary N) is 2. The highest BCUT2D eigenvalue weighted by molar-refractivity contribution is 5.77. The molecule has 1 fully saturated rings. The van der Waals surface area contributed by atoms with Gasteiger partial charge in [0.05, 0.1) is 5.60 Å². The number of amides is 1. The van der Waals surface area contributed by atoms with E-state index in [2.05, 4.69) is 10.6 Å². The summed E-state index contributed by atoms with van der Waals surface area (Å²) < 4.78 is 5.45. The molecule has 0 aromatic rings. The molecule has 0 radical (unpaired) electrons. The Balaban J connectivity index is 2.07. The van der Waals surface area contributed by atoms with Crippen LogP contribution in [0.1, 0.15) is 20.3 Å². The minimum absolute atomic E-state index is 0.0185. The number of carbonyl (C=O) groups excluding carboxylic acids is 1. The predicted octanol–water partition coefficient (Wildman–Crippen LogP) is -0.109. The molecule has 1 saturated heterocycles. The molecule has 4 nitrogen and oxygen atoms in total. The van der Waals surface area contributed by atoms with Crippen molar-refractivity contribution in [3.05, 3.63) is 0 Å². The third kappa shape index (κ3) is 3.32. The van der Waals surface area contributed by atoms with Crippen LogP contribution < -0.4 is 10.6 Å². The zero-order valence-corrected chi connectivity index (χ0v) is 8.35. The first-order chi connectivity index (χ1) is 6.16. The molecule has 13 heavy (non-hydrogen) atoms. The molecular weight excluding hydrogens is 168 g/mol. The van der Waals surface area contributed by atoms with Gasteiger partial charge in [0.25, 0.3) is 0 Å². The van der Waals surface area contributed by atoms with Crippen molar-refractivity contribution in [3.63, 3.8) is 0 Å². The summed E-state index contributed by atoms with van der Waals surface area (Å²) in [5.41, 5.74) is -0.121. The first kappa shape index (κ1) is 10.5. The van der Waals surface area contributed by atoms with Gasteiger partial charge in [-0.2, -0.15) is 0 Å². The second-order valence-corrected chi connectivity index (χ2v) is 3.69. The second-order valence-electron chi connectivity index (χ2n) is 3.69. The van der Waals surface area contributed by atoms with Crippen molar-refractivity contribution in [3.8, 4) is 0 Å².